The number of nitriles is 1. The monoisotopic (exact) mass is 723 g/mol. The van der Waals surface area contributed by atoms with Crippen molar-refractivity contribution in [2.24, 2.45) is 5.73 Å². The molecule has 3 aromatic carbocycles. The second-order valence-corrected chi connectivity index (χ2v) is 12.7. The Balaban J connectivity index is 1.49. The zero-order valence-electron chi connectivity index (χ0n) is 29.4. The van der Waals surface area contributed by atoms with E-state index in [-0.39, 0.29) is 25.9 Å². The van der Waals surface area contributed by atoms with Gasteiger partial charge in [0.1, 0.15) is 24.7 Å². The number of aromatic amines is 1. The number of unbranched alkanes of at least 4 members (excludes halogenated alkanes) is 1. The van der Waals surface area contributed by atoms with E-state index in [9.17, 15) is 34.3 Å². The zero-order chi connectivity index (χ0) is 38.2. The van der Waals surface area contributed by atoms with E-state index in [0.717, 1.165) is 27.6 Å². The number of carboxylic acids is 1. The van der Waals surface area contributed by atoms with Crippen LogP contribution in [0.3, 0.4) is 0 Å². The second kappa shape index (κ2) is 20.0. The number of aliphatic carboxylic acids is 1. The number of alkyl carbamates (subject to hydrolysis) is 1. The molecule has 4 amide bonds. The number of amides is 4. The summed E-state index contributed by atoms with van der Waals surface area (Å²) in [5, 5.41) is 32.0. The number of hydrogen-bond donors (Lipinski definition) is 7. The summed E-state index contributed by atoms with van der Waals surface area (Å²) in [6, 6.07) is 21.8. The zero-order valence-corrected chi connectivity index (χ0v) is 29.4. The van der Waals surface area contributed by atoms with Crippen LogP contribution in [0.1, 0.15) is 49.3 Å². The molecule has 14 nitrogen and oxygen atoms in total. The molecule has 1 heterocycles. The first-order valence-electron chi connectivity index (χ1n) is 17.4. The Labute approximate surface area is 307 Å². The number of nitrogens with zero attached hydrogens (tertiary/aromatic N) is 1. The van der Waals surface area contributed by atoms with Crippen LogP contribution in [0, 0.1) is 11.3 Å². The third-order valence-corrected chi connectivity index (χ3v) is 8.68. The van der Waals surface area contributed by atoms with Crippen LogP contribution in [0.5, 0.6) is 0 Å². The number of aromatic nitrogens is 1. The molecule has 53 heavy (non-hydrogen) atoms. The molecule has 14 heteroatoms. The lowest BCUT2D eigenvalue weighted by molar-refractivity contribution is -0.144. The van der Waals surface area contributed by atoms with Crippen LogP contribution >= 0.6 is 0 Å². The number of H-pyrrole nitrogens is 1. The molecular formula is C39H45N7O7. The lowest BCUT2D eigenvalue weighted by atomic mass is 9.97. The smallest absolute Gasteiger partial charge is 0.407 e. The van der Waals surface area contributed by atoms with Crippen LogP contribution in [0.15, 0.2) is 91.1 Å². The first kappa shape index (κ1) is 39.6. The van der Waals surface area contributed by atoms with Crippen molar-refractivity contribution < 1.29 is 33.8 Å². The van der Waals surface area contributed by atoms with Gasteiger partial charge in [-0.05, 0) is 35.6 Å². The maximum atomic E-state index is 13.7. The minimum absolute atomic E-state index is 0.00471. The molecule has 5 atom stereocenters. The van der Waals surface area contributed by atoms with Crippen molar-refractivity contribution >= 4 is 40.7 Å². The quantitative estimate of drug-likeness (QED) is 0.0709. The van der Waals surface area contributed by atoms with Crippen molar-refractivity contribution in [1.82, 2.24) is 26.3 Å². The van der Waals surface area contributed by atoms with E-state index in [4.69, 9.17) is 10.5 Å². The van der Waals surface area contributed by atoms with Crippen LogP contribution in [0.2, 0.25) is 0 Å². The van der Waals surface area contributed by atoms with Gasteiger partial charge in [0.2, 0.25) is 17.7 Å². The molecule has 0 aliphatic carbocycles. The molecule has 4 aromatic rings. The lowest BCUT2D eigenvalue weighted by Gasteiger charge is -2.28. The Hall–Kier alpha value is -6.20. The molecule has 0 saturated heterocycles. The van der Waals surface area contributed by atoms with Gasteiger partial charge < -0.3 is 36.5 Å². The Kier molecular flexibility index (Phi) is 14.9. The van der Waals surface area contributed by atoms with Crippen molar-refractivity contribution in [3.05, 3.63) is 108 Å². The summed E-state index contributed by atoms with van der Waals surface area (Å²) in [7, 11) is 0. The predicted molar refractivity (Wildman–Crippen MR) is 197 cm³/mol. The SMILES string of the molecule is CCCC[C@H](NC(C#N)[C@H](Cc1c[nH]c2ccccc12)NC(=O)OCc1ccccc1)C(=O)N[C@@H](CC(=O)N[C@@H](Cc1ccccc1)C(N)=O)C(=O)O. The maximum absolute atomic E-state index is 13.7. The molecular weight excluding hydrogens is 678 g/mol. The fraction of sp³-hybridized carbons (Fsp3) is 0.333. The largest absolute Gasteiger partial charge is 0.480 e. The number of carbonyl (C=O) groups excluding carboxylic acids is 4. The van der Waals surface area contributed by atoms with Gasteiger partial charge in [-0.3, -0.25) is 19.7 Å². The highest BCUT2D eigenvalue weighted by molar-refractivity contribution is 5.92. The predicted octanol–water partition coefficient (Wildman–Crippen LogP) is 3.22. The number of carbonyl (C=O) groups is 5. The number of nitrogens with one attached hydrogen (secondary N) is 5. The molecule has 0 bridgehead atoms. The molecule has 1 unspecified atom stereocenters. The van der Waals surface area contributed by atoms with Crippen LogP contribution in [0.4, 0.5) is 4.79 Å². The van der Waals surface area contributed by atoms with E-state index in [2.05, 4.69) is 32.3 Å². The van der Waals surface area contributed by atoms with Crippen LogP contribution in [-0.2, 0) is 43.4 Å². The van der Waals surface area contributed by atoms with Crippen LogP contribution in [-0.4, -0.2) is 70.1 Å². The molecule has 8 N–H and O–H groups in total. The molecule has 0 aliphatic rings. The fourth-order valence-electron chi connectivity index (χ4n) is 5.85. The minimum atomic E-state index is -1.66. The molecule has 0 fully saturated rings. The average Bonchev–Trinajstić information content (AvgIpc) is 3.56. The molecule has 0 saturated carbocycles. The third kappa shape index (κ3) is 12.2. The van der Waals surface area contributed by atoms with Gasteiger partial charge in [-0.1, -0.05) is 98.6 Å². The lowest BCUT2D eigenvalue weighted by Crippen LogP contribution is -2.58. The minimum Gasteiger partial charge on any atom is -0.480 e. The van der Waals surface area contributed by atoms with Gasteiger partial charge in [0.25, 0.3) is 0 Å². The highest BCUT2D eigenvalue weighted by Gasteiger charge is 2.33. The summed E-state index contributed by atoms with van der Waals surface area (Å²) in [5.41, 5.74) is 8.68. The molecule has 4 rings (SSSR count). The Morgan fingerprint density at radius 2 is 1.51 bits per heavy atom. The number of carboxylic acid groups (broad SMARTS) is 1. The number of fused-ring (bicyclic) bond motifs is 1. The van der Waals surface area contributed by atoms with Crippen molar-refractivity contribution in [2.75, 3.05) is 0 Å². The van der Waals surface area contributed by atoms with Gasteiger partial charge in [-0.25, -0.2) is 9.59 Å². The molecule has 0 radical (unpaired) electrons. The van der Waals surface area contributed by atoms with Gasteiger partial charge in [0.15, 0.2) is 0 Å². The van der Waals surface area contributed by atoms with E-state index in [1.54, 1.807) is 36.5 Å². The van der Waals surface area contributed by atoms with Gasteiger partial charge in [-0.2, -0.15) is 5.26 Å². The molecule has 0 spiro atoms. The summed E-state index contributed by atoms with van der Waals surface area (Å²) in [4.78, 5) is 67.3. The third-order valence-electron chi connectivity index (χ3n) is 8.68. The number of para-hydroxylation sites is 1. The topological polar surface area (TPSA) is 229 Å². The normalized spacial score (nSPS) is 13.7. The molecule has 278 valence electrons. The maximum Gasteiger partial charge on any atom is 0.407 e. The Morgan fingerprint density at radius 1 is 0.849 bits per heavy atom. The standard InChI is InChI=1S/C39H45N7O7/c1-2-3-17-30(37(49)45-33(38(50)51)21-35(47)44-32(36(41)48)19-25-12-6-4-7-13-25)43-34(22-40)31(20-27-23-42-29-18-11-10-16-28(27)29)46-39(52)53-24-26-14-8-5-9-15-26/h4-16,18,23,30-34,42-43H,2-3,17,19-21,24H2,1H3,(H2,41,48)(H,44,47)(H,45,49)(H,46,52)(H,50,51)/t30-,31-,32-,33-,34?/m0/s1. The van der Waals surface area contributed by atoms with Crippen molar-refractivity contribution in [2.45, 2.75) is 82.3 Å². The van der Waals surface area contributed by atoms with Crippen molar-refractivity contribution in [3.63, 3.8) is 0 Å². The Bertz CT molecular complexity index is 1880. The van der Waals surface area contributed by atoms with Crippen LogP contribution < -0.4 is 27.0 Å². The van der Waals surface area contributed by atoms with Crippen molar-refractivity contribution in [3.8, 4) is 6.07 Å². The first-order valence-corrected chi connectivity index (χ1v) is 17.4. The van der Waals surface area contributed by atoms with Gasteiger partial charge in [0, 0.05) is 23.5 Å². The number of hydrogen-bond acceptors (Lipinski definition) is 8. The number of rotatable bonds is 20. The van der Waals surface area contributed by atoms with Gasteiger partial charge in [-0.15, -0.1) is 0 Å². The summed E-state index contributed by atoms with van der Waals surface area (Å²) in [6.07, 6.45) is 2.06. The van der Waals surface area contributed by atoms with Gasteiger partial charge in [0.05, 0.1) is 24.6 Å². The highest BCUT2D eigenvalue weighted by atomic mass is 16.5. The first-order chi connectivity index (χ1) is 25.6. The van der Waals surface area contributed by atoms with Gasteiger partial charge >= 0.3 is 12.1 Å². The van der Waals surface area contributed by atoms with Crippen LogP contribution in [0.25, 0.3) is 10.9 Å². The number of primary amides is 1. The number of benzene rings is 3. The van der Waals surface area contributed by atoms with E-state index < -0.39 is 66.4 Å². The Morgan fingerprint density at radius 3 is 2.15 bits per heavy atom. The number of nitrogens with two attached hydrogens (primary N) is 1. The van der Waals surface area contributed by atoms with E-state index in [1.165, 1.54) is 0 Å². The highest BCUT2D eigenvalue weighted by Crippen LogP contribution is 2.20. The second-order valence-electron chi connectivity index (χ2n) is 12.7. The summed E-state index contributed by atoms with van der Waals surface area (Å²) < 4.78 is 5.46. The summed E-state index contributed by atoms with van der Waals surface area (Å²) in [5.74, 6) is -3.84. The average molecular weight is 724 g/mol. The summed E-state index contributed by atoms with van der Waals surface area (Å²) >= 11 is 0. The van der Waals surface area contributed by atoms with E-state index >= 15 is 0 Å². The van der Waals surface area contributed by atoms with E-state index in [0.29, 0.717) is 12.8 Å². The molecule has 0 aliphatic heterocycles. The van der Waals surface area contributed by atoms with Crippen molar-refractivity contribution in [1.29, 1.82) is 5.26 Å². The number of ether oxygens (including phenoxy) is 1. The fourth-order valence-corrected chi connectivity index (χ4v) is 5.85. The summed E-state index contributed by atoms with van der Waals surface area (Å²) in [6.45, 7) is 1.91. The molecule has 1 aromatic heterocycles. The van der Waals surface area contributed by atoms with E-state index in [1.807, 2.05) is 61.5 Å².